The van der Waals surface area contributed by atoms with Crippen molar-refractivity contribution in [2.45, 2.75) is 13.0 Å². The van der Waals surface area contributed by atoms with E-state index < -0.39 is 0 Å². The van der Waals surface area contributed by atoms with Gasteiger partial charge in [0.15, 0.2) is 0 Å². The van der Waals surface area contributed by atoms with E-state index >= 15 is 0 Å². The molecular formula is C14H15BrFNOS. The number of nitrogens with one attached hydrogen (secondary N) is 1. The molecule has 19 heavy (non-hydrogen) atoms. The molecule has 0 aliphatic rings. The lowest BCUT2D eigenvalue weighted by molar-refractivity contribution is 0.398. The van der Waals surface area contributed by atoms with Crippen molar-refractivity contribution in [3.05, 3.63) is 50.4 Å². The minimum atomic E-state index is -0.255. The molecule has 0 bridgehead atoms. The average molecular weight is 344 g/mol. The molecule has 102 valence electrons. The van der Waals surface area contributed by atoms with Crippen LogP contribution >= 0.6 is 27.3 Å². The normalized spacial score (nSPS) is 12.4. The van der Waals surface area contributed by atoms with E-state index in [0.29, 0.717) is 11.3 Å². The molecule has 0 saturated heterocycles. The molecule has 0 saturated carbocycles. The van der Waals surface area contributed by atoms with Gasteiger partial charge in [0.25, 0.3) is 0 Å². The van der Waals surface area contributed by atoms with E-state index in [1.165, 1.54) is 6.07 Å². The minimum absolute atomic E-state index is 0.197. The van der Waals surface area contributed by atoms with Gasteiger partial charge in [0, 0.05) is 4.88 Å². The molecule has 0 spiro atoms. The Kier molecular flexibility index (Phi) is 4.96. The Balaban J connectivity index is 2.50. The molecule has 0 fully saturated rings. The Morgan fingerprint density at radius 3 is 2.74 bits per heavy atom. The van der Waals surface area contributed by atoms with E-state index in [4.69, 9.17) is 4.74 Å². The maximum atomic E-state index is 14.2. The smallest absolute Gasteiger partial charge is 0.132 e. The summed E-state index contributed by atoms with van der Waals surface area (Å²) in [7, 11) is 1.56. The third kappa shape index (κ3) is 3.16. The fourth-order valence-corrected chi connectivity index (χ4v) is 3.52. The molecule has 0 aliphatic heterocycles. The first-order chi connectivity index (χ1) is 9.17. The van der Waals surface area contributed by atoms with Gasteiger partial charge in [-0.05, 0) is 46.7 Å². The number of hydrogen-bond acceptors (Lipinski definition) is 3. The predicted molar refractivity (Wildman–Crippen MR) is 80.5 cm³/mol. The standard InChI is InChI=1S/C14H15BrFNOS/c1-3-17-14(11-7-8-12(15)19-11)13-9(16)5-4-6-10(13)18-2/h4-8,14,17H,3H2,1-2H3. The number of halogens is 2. The number of hydrogen-bond donors (Lipinski definition) is 1. The second-order valence-corrected chi connectivity index (χ2v) is 6.48. The molecule has 2 rings (SSSR count). The molecule has 1 aromatic heterocycles. The Labute approximate surface area is 124 Å². The van der Waals surface area contributed by atoms with Gasteiger partial charge in [0.2, 0.25) is 0 Å². The number of ether oxygens (including phenoxy) is 1. The number of thiophene rings is 1. The largest absolute Gasteiger partial charge is 0.496 e. The van der Waals surface area contributed by atoms with E-state index in [2.05, 4.69) is 21.2 Å². The maximum Gasteiger partial charge on any atom is 0.132 e. The zero-order chi connectivity index (χ0) is 13.8. The summed E-state index contributed by atoms with van der Waals surface area (Å²) >= 11 is 5.03. The van der Waals surface area contributed by atoms with Crippen molar-refractivity contribution in [2.24, 2.45) is 0 Å². The summed E-state index contributed by atoms with van der Waals surface area (Å²) in [5.74, 6) is 0.310. The van der Waals surface area contributed by atoms with Crippen molar-refractivity contribution in [1.29, 1.82) is 0 Å². The van der Waals surface area contributed by atoms with Crippen LogP contribution in [0.3, 0.4) is 0 Å². The fraction of sp³-hybridized carbons (Fsp3) is 0.286. The zero-order valence-electron chi connectivity index (χ0n) is 10.7. The van der Waals surface area contributed by atoms with Gasteiger partial charge in [-0.25, -0.2) is 4.39 Å². The van der Waals surface area contributed by atoms with Crippen LogP contribution in [0.25, 0.3) is 0 Å². The molecule has 0 amide bonds. The molecular weight excluding hydrogens is 329 g/mol. The molecule has 2 aromatic rings. The van der Waals surface area contributed by atoms with Crippen LogP contribution in [-0.2, 0) is 0 Å². The zero-order valence-corrected chi connectivity index (χ0v) is 13.1. The second kappa shape index (κ2) is 6.50. The van der Waals surface area contributed by atoms with Gasteiger partial charge in [-0.2, -0.15) is 0 Å². The van der Waals surface area contributed by atoms with Gasteiger partial charge < -0.3 is 10.1 Å². The van der Waals surface area contributed by atoms with Crippen molar-refractivity contribution in [1.82, 2.24) is 5.32 Å². The van der Waals surface area contributed by atoms with Crippen molar-refractivity contribution >= 4 is 27.3 Å². The van der Waals surface area contributed by atoms with Crippen molar-refractivity contribution in [2.75, 3.05) is 13.7 Å². The SMILES string of the molecule is CCNC(c1ccc(Br)s1)c1c(F)cccc1OC. The molecule has 1 N–H and O–H groups in total. The molecule has 0 aliphatic carbocycles. The van der Waals surface area contributed by atoms with Crippen LogP contribution in [-0.4, -0.2) is 13.7 Å². The molecule has 5 heteroatoms. The summed E-state index contributed by atoms with van der Waals surface area (Å²) in [4.78, 5) is 1.05. The van der Waals surface area contributed by atoms with Crippen LogP contribution in [0.2, 0.25) is 0 Å². The Hall–Kier alpha value is -0.910. The number of methoxy groups -OCH3 is 1. The first-order valence-electron chi connectivity index (χ1n) is 5.98. The molecule has 0 radical (unpaired) electrons. The summed E-state index contributed by atoms with van der Waals surface area (Å²) in [6, 6.07) is 8.67. The van der Waals surface area contributed by atoms with Gasteiger partial charge in [0.1, 0.15) is 11.6 Å². The van der Waals surface area contributed by atoms with Gasteiger partial charge in [-0.3, -0.25) is 0 Å². The average Bonchev–Trinajstić information content (AvgIpc) is 2.83. The lowest BCUT2D eigenvalue weighted by Gasteiger charge is -2.20. The summed E-state index contributed by atoms with van der Waals surface area (Å²) in [6.45, 7) is 2.75. The molecule has 1 aromatic carbocycles. The van der Waals surface area contributed by atoms with Crippen LogP contribution in [0.15, 0.2) is 34.1 Å². The van der Waals surface area contributed by atoms with Crippen LogP contribution in [0.4, 0.5) is 4.39 Å². The maximum absolute atomic E-state index is 14.2. The molecule has 1 unspecified atom stereocenters. The monoisotopic (exact) mass is 343 g/mol. The highest BCUT2D eigenvalue weighted by Crippen LogP contribution is 2.36. The summed E-state index contributed by atoms with van der Waals surface area (Å²) < 4.78 is 20.5. The van der Waals surface area contributed by atoms with Crippen molar-refractivity contribution < 1.29 is 9.13 Å². The van der Waals surface area contributed by atoms with Crippen molar-refractivity contribution in [3.8, 4) is 5.75 Å². The van der Waals surface area contributed by atoms with E-state index in [-0.39, 0.29) is 11.9 Å². The Morgan fingerprint density at radius 1 is 1.37 bits per heavy atom. The van der Waals surface area contributed by atoms with E-state index in [1.807, 2.05) is 19.1 Å². The van der Waals surface area contributed by atoms with Crippen LogP contribution in [0.5, 0.6) is 5.75 Å². The third-order valence-electron chi connectivity index (χ3n) is 2.81. The molecule has 2 nitrogen and oxygen atoms in total. The molecule has 1 atom stereocenters. The highest BCUT2D eigenvalue weighted by atomic mass is 79.9. The summed E-state index contributed by atoms with van der Waals surface area (Å²) in [5, 5.41) is 3.31. The quantitative estimate of drug-likeness (QED) is 0.870. The Morgan fingerprint density at radius 2 is 2.16 bits per heavy atom. The van der Waals surface area contributed by atoms with Crippen LogP contribution in [0, 0.1) is 5.82 Å². The lowest BCUT2D eigenvalue weighted by atomic mass is 10.0. The number of rotatable bonds is 5. The van der Waals surface area contributed by atoms with Gasteiger partial charge >= 0.3 is 0 Å². The fourth-order valence-electron chi connectivity index (χ4n) is 2.01. The first kappa shape index (κ1) is 14.5. The van der Waals surface area contributed by atoms with Gasteiger partial charge in [0.05, 0.1) is 22.5 Å². The van der Waals surface area contributed by atoms with E-state index in [9.17, 15) is 4.39 Å². The van der Waals surface area contributed by atoms with Gasteiger partial charge in [-0.1, -0.05) is 13.0 Å². The highest BCUT2D eigenvalue weighted by molar-refractivity contribution is 9.11. The predicted octanol–water partition coefficient (Wildman–Crippen LogP) is 4.36. The number of benzene rings is 1. The first-order valence-corrected chi connectivity index (χ1v) is 7.59. The summed E-state index contributed by atoms with van der Waals surface area (Å²) in [5.41, 5.74) is 0.557. The highest BCUT2D eigenvalue weighted by Gasteiger charge is 2.22. The van der Waals surface area contributed by atoms with Crippen LogP contribution in [0.1, 0.15) is 23.4 Å². The van der Waals surface area contributed by atoms with Gasteiger partial charge in [-0.15, -0.1) is 11.3 Å². The third-order valence-corrected chi connectivity index (χ3v) is 4.50. The molecule has 1 heterocycles. The van der Waals surface area contributed by atoms with Crippen LogP contribution < -0.4 is 10.1 Å². The minimum Gasteiger partial charge on any atom is -0.496 e. The Bertz CT molecular complexity index is 558. The van der Waals surface area contributed by atoms with E-state index in [0.717, 1.165) is 15.2 Å². The lowest BCUT2D eigenvalue weighted by Crippen LogP contribution is -2.22. The summed E-state index contributed by atoms with van der Waals surface area (Å²) in [6.07, 6.45) is 0. The van der Waals surface area contributed by atoms with Crippen molar-refractivity contribution in [3.63, 3.8) is 0 Å². The van der Waals surface area contributed by atoms with E-state index in [1.54, 1.807) is 30.6 Å². The second-order valence-electron chi connectivity index (χ2n) is 3.99. The topological polar surface area (TPSA) is 21.3 Å².